The van der Waals surface area contributed by atoms with Crippen molar-refractivity contribution in [2.45, 2.75) is 6.92 Å². The van der Waals surface area contributed by atoms with E-state index in [4.69, 9.17) is 0 Å². The van der Waals surface area contributed by atoms with Crippen LogP contribution < -0.4 is 4.90 Å². The summed E-state index contributed by atoms with van der Waals surface area (Å²) >= 11 is 0. The highest BCUT2D eigenvalue weighted by atomic mass is 16.2. The van der Waals surface area contributed by atoms with E-state index in [1.165, 1.54) is 11.3 Å². The summed E-state index contributed by atoms with van der Waals surface area (Å²) in [5.74, 6) is 0.140. The molecule has 1 aliphatic heterocycles. The van der Waals surface area contributed by atoms with E-state index in [9.17, 15) is 4.79 Å². The van der Waals surface area contributed by atoms with Crippen molar-refractivity contribution < 1.29 is 4.79 Å². The molecule has 1 amide bonds. The van der Waals surface area contributed by atoms with Crippen LogP contribution in [-0.4, -0.2) is 37.0 Å². The Kier molecular flexibility index (Phi) is 4.14. The Bertz CT molecular complexity index is 905. The third kappa shape index (κ3) is 2.98. The van der Waals surface area contributed by atoms with Crippen LogP contribution in [-0.2, 0) is 0 Å². The second-order valence-electron chi connectivity index (χ2n) is 6.59. The molecule has 3 nitrogen and oxygen atoms in total. The van der Waals surface area contributed by atoms with Gasteiger partial charge in [0.1, 0.15) is 0 Å². The molecule has 0 radical (unpaired) electrons. The van der Waals surface area contributed by atoms with Crippen LogP contribution in [0.3, 0.4) is 0 Å². The highest BCUT2D eigenvalue weighted by Crippen LogP contribution is 2.23. The highest BCUT2D eigenvalue weighted by molar-refractivity contribution is 6.07. The van der Waals surface area contributed by atoms with Crippen LogP contribution in [0.2, 0.25) is 0 Å². The van der Waals surface area contributed by atoms with Gasteiger partial charge in [-0.2, -0.15) is 0 Å². The highest BCUT2D eigenvalue weighted by Gasteiger charge is 2.23. The van der Waals surface area contributed by atoms with E-state index in [0.29, 0.717) is 0 Å². The van der Waals surface area contributed by atoms with Crippen LogP contribution >= 0.6 is 0 Å². The van der Waals surface area contributed by atoms with Gasteiger partial charge in [0.2, 0.25) is 0 Å². The van der Waals surface area contributed by atoms with Crippen LogP contribution in [0.5, 0.6) is 0 Å². The maximum Gasteiger partial charge on any atom is 0.254 e. The van der Waals surface area contributed by atoms with Gasteiger partial charge in [0.15, 0.2) is 0 Å². The van der Waals surface area contributed by atoms with Crippen molar-refractivity contribution in [2.75, 3.05) is 31.1 Å². The number of hydrogen-bond acceptors (Lipinski definition) is 2. The lowest BCUT2D eigenvalue weighted by Crippen LogP contribution is -2.49. The smallest absolute Gasteiger partial charge is 0.254 e. The molecule has 126 valence electrons. The fourth-order valence-electron chi connectivity index (χ4n) is 3.65. The maximum absolute atomic E-state index is 13.0. The molecule has 3 aromatic rings. The van der Waals surface area contributed by atoms with Gasteiger partial charge < -0.3 is 9.80 Å². The Morgan fingerprint density at radius 2 is 1.48 bits per heavy atom. The molecular formula is C22H22N2O. The summed E-state index contributed by atoms with van der Waals surface area (Å²) in [7, 11) is 0. The summed E-state index contributed by atoms with van der Waals surface area (Å²) in [6.45, 7) is 5.42. The van der Waals surface area contributed by atoms with Gasteiger partial charge in [-0.1, -0.05) is 54.6 Å². The van der Waals surface area contributed by atoms with Gasteiger partial charge in [0.25, 0.3) is 5.91 Å². The Morgan fingerprint density at radius 3 is 2.28 bits per heavy atom. The molecule has 1 aliphatic rings. The summed E-state index contributed by atoms with van der Waals surface area (Å²) in [5, 5.41) is 2.16. The minimum atomic E-state index is 0.140. The van der Waals surface area contributed by atoms with E-state index in [2.05, 4.69) is 48.2 Å². The number of hydrogen-bond donors (Lipinski definition) is 0. The standard InChI is InChI=1S/C22H22N2O/c1-17-7-2-5-12-21(17)23-13-15-24(16-14-23)22(25)20-11-6-9-18-8-3-4-10-19(18)20/h2-12H,13-16H2,1H3. The molecule has 0 unspecified atom stereocenters. The van der Waals surface area contributed by atoms with Crippen molar-refractivity contribution in [2.24, 2.45) is 0 Å². The Morgan fingerprint density at radius 1 is 0.800 bits per heavy atom. The van der Waals surface area contributed by atoms with Gasteiger partial charge >= 0.3 is 0 Å². The third-order valence-corrected chi connectivity index (χ3v) is 5.04. The normalized spacial score (nSPS) is 14.8. The lowest BCUT2D eigenvalue weighted by Gasteiger charge is -2.37. The molecule has 3 heteroatoms. The number of fused-ring (bicyclic) bond motifs is 1. The fourth-order valence-corrected chi connectivity index (χ4v) is 3.65. The number of carbonyl (C=O) groups is 1. The molecule has 0 aliphatic carbocycles. The number of piperazine rings is 1. The van der Waals surface area contributed by atoms with Crippen molar-refractivity contribution >= 4 is 22.4 Å². The van der Waals surface area contributed by atoms with E-state index in [1.54, 1.807) is 0 Å². The number of benzene rings is 3. The van der Waals surface area contributed by atoms with E-state index in [1.807, 2.05) is 35.2 Å². The van der Waals surface area contributed by atoms with Crippen molar-refractivity contribution in [3.63, 3.8) is 0 Å². The van der Waals surface area contributed by atoms with Gasteiger partial charge in [-0.3, -0.25) is 4.79 Å². The zero-order chi connectivity index (χ0) is 17.2. The third-order valence-electron chi connectivity index (χ3n) is 5.04. The van der Waals surface area contributed by atoms with Crippen molar-refractivity contribution in [1.82, 2.24) is 4.90 Å². The number of aryl methyl sites for hydroxylation is 1. The summed E-state index contributed by atoms with van der Waals surface area (Å²) < 4.78 is 0. The van der Waals surface area contributed by atoms with Crippen LogP contribution in [0.25, 0.3) is 10.8 Å². The lowest BCUT2D eigenvalue weighted by molar-refractivity contribution is 0.0749. The summed E-state index contributed by atoms with van der Waals surface area (Å²) in [4.78, 5) is 17.4. The molecule has 0 bridgehead atoms. The number of para-hydroxylation sites is 1. The van der Waals surface area contributed by atoms with Crippen molar-refractivity contribution in [3.8, 4) is 0 Å². The Labute approximate surface area is 148 Å². The van der Waals surface area contributed by atoms with Gasteiger partial charge in [-0.05, 0) is 35.4 Å². The predicted octanol–water partition coefficient (Wildman–Crippen LogP) is 4.11. The fraction of sp³-hybridized carbons (Fsp3) is 0.227. The van der Waals surface area contributed by atoms with Crippen molar-refractivity contribution in [1.29, 1.82) is 0 Å². The van der Waals surface area contributed by atoms with E-state index in [0.717, 1.165) is 42.5 Å². The molecule has 1 saturated heterocycles. The van der Waals surface area contributed by atoms with E-state index < -0.39 is 0 Å². The van der Waals surface area contributed by atoms with E-state index >= 15 is 0 Å². The summed E-state index contributed by atoms with van der Waals surface area (Å²) in [5.41, 5.74) is 3.37. The van der Waals surface area contributed by atoms with Crippen LogP contribution in [0.4, 0.5) is 5.69 Å². The van der Waals surface area contributed by atoms with Crippen LogP contribution in [0, 0.1) is 6.92 Å². The first kappa shape index (κ1) is 15.7. The largest absolute Gasteiger partial charge is 0.368 e. The van der Waals surface area contributed by atoms with Gasteiger partial charge in [-0.25, -0.2) is 0 Å². The minimum Gasteiger partial charge on any atom is -0.368 e. The zero-order valence-electron chi connectivity index (χ0n) is 14.5. The molecule has 0 N–H and O–H groups in total. The lowest BCUT2D eigenvalue weighted by atomic mass is 10.0. The number of anilines is 1. The molecular weight excluding hydrogens is 308 g/mol. The quantitative estimate of drug-likeness (QED) is 0.706. The summed E-state index contributed by atoms with van der Waals surface area (Å²) in [6, 6.07) is 22.5. The zero-order valence-corrected chi connectivity index (χ0v) is 14.5. The molecule has 25 heavy (non-hydrogen) atoms. The van der Waals surface area contributed by atoms with Gasteiger partial charge in [0.05, 0.1) is 0 Å². The molecule has 0 atom stereocenters. The average molecular weight is 330 g/mol. The first-order valence-electron chi connectivity index (χ1n) is 8.81. The Balaban J connectivity index is 1.52. The number of nitrogens with zero attached hydrogens (tertiary/aromatic N) is 2. The first-order chi connectivity index (χ1) is 12.2. The number of carbonyl (C=O) groups excluding carboxylic acids is 1. The number of amides is 1. The molecule has 0 spiro atoms. The molecule has 4 rings (SSSR count). The van der Waals surface area contributed by atoms with Gasteiger partial charge in [-0.15, -0.1) is 0 Å². The van der Waals surface area contributed by atoms with Crippen molar-refractivity contribution in [3.05, 3.63) is 77.9 Å². The molecule has 1 fully saturated rings. The molecule has 0 saturated carbocycles. The Hall–Kier alpha value is -2.81. The monoisotopic (exact) mass is 330 g/mol. The van der Waals surface area contributed by atoms with Gasteiger partial charge in [0, 0.05) is 37.4 Å². The second kappa shape index (κ2) is 6.60. The average Bonchev–Trinajstić information content (AvgIpc) is 2.67. The summed E-state index contributed by atoms with van der Waals surface area (Å²) in [6.07, 6.45) is 0. The maximum atomic E-state index is 13.0. The number of rotatable bonds is 2. The topological polar surface area (TPSA) is 23.6 Å². The molecule has 0 aromatic heterocycles. The minimum absolute atomic E-state index is 0.140. The van der Waals surface area contributed by atoms with Crippen LogP contribution in [0.15, 0.2) is 66.7 Å². The van der Waals surface area contributed by atoms with Crippen LogP contribution in [0.1, 0.15) is 15.9 Å². The van der Waals surface area contributed by atoms with E-state index in [-0.39, 0.29) is 5.91 Å². The SMILES string of the molecule is Cc1ccccc1N1CCN(C(=O)c2cccc3ccccc23)CC1. The molecule has 3 aromatic carbocycles. The predicted molar refractivity (Wildman–Crippen MR) is 103 cm³/mol. The molecule has 1 heterocycles. The first-order valence-corrected chi connectivity index (χ1v) is 8.81. The second-order valence-corrected chi connectivity index (χ2v) is 6.59.